The van der Waals surface area contributed by atoms with Gasteiger partial charge in [-0.05, 0) is 51.4 Å². The quantitative estimate of drug-likeness (QED) is 0.348. The van der Waals surface area contributed by atoms with Crippen molar-refractivity contribution in [2.75, 3.05) is 32.8 Å². The number of furan rings is 2. The van der Waals surface area contributed by atoms with Crippen LogP contribution in [0.1, 0.15) is 36.8 Å². The van der Waals surface area contributed by atoms with E-state index in [-0.39, 0.29) is 11.9 Å². The standard InChI is InChI=1S/C22H30N2O4.2C2HF3O2/c1-3-27-21(25)22-8-4-9-23(14-20-6-5-17(2)28-20)12-19(22)13-24(16-22)11-18-7-10-26-15-18;2*3-2(4,5)1(6)7/h5-7,10,15,19H,3-4,8-9,11-14,16H2,1-2H3;2*(H,6,7)/t19-,22-;;/m0../s1. The largest absolute Gasteiger partial charge is 0.490 e. The number of carboxylic acids is 2. The molecule has 0 aliphatic carbocycles. The van der Waals surface area contributed by atoms with E-state index in [0.29, 0.717) is 6.61 Å². The van der Waals surface area contributed by atoms with Gasteiger partial charge in [-0.25, -0.2) is 9.59 Å². The number of carbonyl (C=O) groups excluding carboxylic acids is 1. The van der Waals surface area contributed by atoms with Gasteiger partial charge in [0.25, 0.3) is 0 Å². The maximum absolute atomic E-state index is 13.1. The second kappa shape index (κ2) is 14.6. The first-order valence-electron chi connectivity index (χ1n) is 12.8. The number of alkyl halides is 6. The highest BCUT2D eigenvalue weighted by molar-refractivity contribution is 5.78. The third kappa shape index (κ3) is 10.1. The van der Waals surface area contributed by atoms with Gasteiger partial charge in [0.1, 0.15) is 11.5 Å². The Balaban J connectivity index is 0.000000367. The van der Waals surface area contributed by atoms with Crippen LogP contribution < -0.4 is 0 Å². The highest BCUT2D eigenvalue weighted by Gasteiger charge is 2.54. The van der Waals surface area contributed by atoms with Crippen LogP contribution in [0.2, 0.25) is 0 Å². The SMILES string of the molecule is CCOC(=O)[C@]12CCCN(Cc3ccc(C)o3)C[C@H]1CN(Cc1ccoc1)C2.O=C(O)C(F)(F)F.O=C(O)C(F)(F)F. The molecule has 2 aromatic heterocycles. The molecule has 10 nitrogen and oxygen atoms in total. The summed E-state index contributed by atoms with van der Waals surface area (Å²) in [5.41, 5.74) is 0.742. The molecule has 0 bridgehead atoms. The van der Waals surface area contributed by atoms with Crippen molar-refractivity contribution in [1.29, 1.82) is 0 Å². The summed E-state index contributed by atoms with van der Waals surface area (Å²) in [6.45, 7) is 9.44. The minimum Gasteiger partial charge on any atom is -0.475 e. The summed E-state index contributed by atoms with van der Waals surface area (Å²) in [7, 11) is 0. The number of ether oxygens (including phenoxy) is 1. The predicted octanol–water partition coefficient (Wildman–Crippen LogP) is 4.72. The number of aliphatic carboxylic acids is 2. The van der Waals surface area contributed by atoms with Gasteiger partial charge in [0.2, 0.25) is 0 Å². The molecule has 2 atom stereocenters. The zero-order valence-corrected chi connectivity index (χ0v) is 22.8. The van der Waals surface area contributed by atoms with Crippen LogP contribution >= 0.6 is 0 Å². The molecule has 2 N–H and O–H groups in total. The fourth-order valence-corrected chi connectivity index (χ4v) is 4.92. The maximum Gasteiger partial charge on any atom is 0.490 e. The average molecular weight is 615 g/mol. The Morgan fingerprint density at radius 1 is 1.00 bits per heavy atom. The molecule has 2 aromatic rings. The van der Waals surface area contributed by atoms with E-state index in [1.807, 2.05) is 26.0 Å². The lowest BCUT2D eigenvalue weighted by Crippen LogP contribution is -2.42. The Morgan fingerprint density at radius 3 is 2.07 bits per heavy atom. The number of fused-ring (bicyclic) bond motifs is 1. The Hall–Kier alpha value is -3.53. The first-order valence-corrected chi connectivity index (χ1v) is 12.8. The van der Waals surface area contributed by atoms with Gasteiger partial charge in [0, 0.05) is 37.7 Å². The van der Waals surface area contributed by atoms with E-state index in [1.54, 1.807) is 12.5 Å². The van der Waals surface area contributed by atoms with E-state index in [9.17, 15) is 31.1 Å². The van der Waals surface area contributed by atoms with E-state index in [4.69, 9.17) is 33.4 Å². The number of carbonyl (C=O) groups is 3. The Labute approximate surface area is 236 Å². The minimum atomic E-state index is -5.08. The molecule has 16 heteroatoms. The third-order valence-electron chi connectivity index (χ3n) is 6.67. The van der Waals surface area contributed by atoms with Crippen LogP contribution in [0.3, 0.4) is 0 Å². The molecule has 236 valence electrons. The van der Waals surface area contributed by atoms with Gasteiger partial charge in [-0.2, -0.15) is 26.3 Å². The van der Waals surface area contributed by atoms with Gasteiger partial charge in [0.05, 0.1) is 31.1 Å². The second-order valence-corrected chi connectivity index (χ2v) is 9.83. The summed E-state index contributed by atoms with van der Waals surface area (Å²) in [5, 5.41) is 14.2. The lowest BCUT2D eigenvalue weighted by molar-refractivity contribution is -0.193. The Bertz CT molecular complexity index is 1140. The van der Waals surface area contributed by atoms with Crippen LogP contribution in [0.5, 0.6) is 0 Å². The first-order chi connectivity index (χ1) is 19.5. The molecule has 0 amide bonds. The molecule has 2 saturated heterocycles. The topological polar surface area (TPSA) is 134 Å². The van der Waals surface area contributed by atoms with Crippen LogP contribution in [0.4, 0.5) is 26.3 Å². The Morgan fingerprint density at radius 2 is 1.60 bits per heavy atom. The van der Waals surface area contributed by atoms with E-state index in [2.05, 4.69) is 15.9 Å². The monoisotopic (exact) mass is 614 g/mol. The molecule has 2 aliphatic heterocycles. The number of hydrogen-bond donors (Lipinski definition) is 2. The number of esters is 1. The number of nitrogens with zero attached hydrogens (tertiary/aromatic N) is 2. The number of rotatable bonds is 6. The van der Waals surface area contributed by atoms with Crippen molar-refractivity contribution in [2.45, 2.75) is 52.1 Å². The van der Waals surface area contributed by atoms with Gasteiger partial charge in [-0.1, -0.05) is 0 Å². The fourth-order valence-electron chi connectivity index (χ4n) is 4.92. The number of carboxylic acid groups (broad SMARTS) is 2. The zero-order chi connectivity index (χ0) is 31.7. The van der Waals surface area contributed by atoms with Crippen molar-refractivity contribution in [1.82, 2.24) is 9.80 Å². The maximum atomic E-state index is 13.1. The molecule has 0 aromatic carbocycles. The minimum absolute atomic E-state index is 0.0228. The van der Waals surface area contributed by atoms with Crippen molar-refractivity contribution in [3.63, 3.8) is 0 Å². The van der Waals surface area contributed by atoms with Crippen LogP contribution in [-0.4, -0.2) is 83.1 Å². The molecule has 0 saturated carbocycles. The number of likely N-dealkylation sites (tertiary alicyclic amines) is 2. The molecule has 42 heavy (non-hydrogen) atoms. The van der Waals surface area contributed by atoms with E-state index < -0.39 is 29.7 Å². The van der Waals surface area contributed by atoms with Gasteiger partial charge < -0.3 is 23.8 Å². The lowest BCUT2D eigenvalue weighted by atomic mass is 9.75. The second-order valence-electron chi connectivity index (χ2n) is 9.83. The molecular formula is C26H32F6N2O8. The molecule has 2 fully saturated rings. The van der Waals surface area contributed by atoms with Crippen molar-refractivity contribution in [2.24, 2.45) is 11.3 Å². The normalized spacial score (nSPS) is 21.2. The zero-order valence-electron chi connectivity index (χ0n) is 22.8. The highest BCUT2D eigenvalue weighted by Crippen LogP contribution is 2.44. The van der Waals surface area contributed by atoms with Crippen LogP contribution in [0.25, 0.3) is 0 Å². The van der Waals surface area contributed by atoms with E-state index in [1.165, 1.54) is 0 Å². The lowest BCUT2D eigenvalue weighted by Gasteiger charge is -2.31. The number of hydrogen-bond acceptors (Lipinski definition) is 8. The molecule has 4 rings (SSSR count). The van der Waals surface area contributed by atoms with Gasteiger partial charge in [0.15, 0.2) is 0 Å². The summed E-state index contributed by atoms with van der Waals surface area (Å²) in [6.07, 6.45) is -4.80. The van der Waals surface area contributed by atoms with Gasteiger partial charge >= 0.3 is 30.3 Å². The van der Waals surface area contributed by atoms with Crippen molar-refractivity contribution < 1.29 is 64.5 Å². The summed E-state index contributed by atoms with van der Waals surface area (Å²) in [6, 6.07) is 6.06. The summed E-state index contributed by atoms with van der Waals surface area (Å²) in [4.78, 5) is 35.7. The average Bonchev–Trinajstić information content (AvgIpc) is 3.58. The molecule has 0 unspecified atom stereocenters. The third-order valence-corrected chi connectivity index (χ3v) is 6.67. The molecule has 2 aliphatic rings. The van der Waals surface area contributed by atoms with Crippen LogP contribution in [0, 0.1) is 18.3 Å². The first kappa shape index (κ1) is 34.7. The van der Waals surface area contributed by atoms with Crippen molar-refractivity contribution in [3.05, 3.63) is 47.8 Å². The smallest absolute Gasteiger partial charge is 0.475 e. The number of halogens is 6. The van der Waals surface area contributed by atoms with Gasteiger partial charge in [-0.15, -0.1) is 0 Å². The number of aryl methyl sites for hydroxylation is 1. The predicted molar refractivity (Wildman–Crippen MR) is 132 cm³/mol. The van der Waals surface area contributed by atoms with Crippen molar-refractivity contribution >= 4 is 17.9 Å². The molecule has 0 spiro atoms. The van der Waals surface area contributed by atoms with Gasteiger partial charge in [-0.3, -0.25) is 14.6 Å². The Kier molecular flexibility index (Phi) is 12.0. The summed E-state index contributed by atoms with van der Waals surface area (Å²) >= 11 is 0. The molecule has 0 radical (unpaired) electrons. The van der Waals surface area contributed by atoms with E-state index >= 15 is 0 Å². The van der Waals surface area contributed by atoms with Crippen LogP contribution in [-0.2, 0) is 32.2 Å². The summed E-state index contributed by atoms with van der Waals surface area (Å²) in [5.74, 6) is -3.34. The summed E-state index contributed by atoms with van der Waals surface area (Å²) < 4.78 is 80.0. The fraction of sp³-hybridized carbons (Fsp3) is 0.577. The molecule has 4 heterocycles. The van der Waals surface area contributed by atoms with E-state index in [0.717, 1.165) is 69.2 Å². The molecular weight excluding hydrogens is 582 g/mol. The van der Waals surface area contributed by atoms with Crippen LogP contribution in [0.15, 0.2) is 39.6 Å². The highest BCUT2D eigenvalue weighted by atomic mass is 19.4. The van der Waals surface area contributed by atoms with Crippen molar-refractivity contribution in [3.8, 4) is 0 Å².